The van der Waals surface area contributed by atoms with E-state index in [9.17, 15) is 4.79 Å². The van der Waals surface area contributed by atoms with Gasteiger partial charge < -0.3 is 11.1 Å². The number of carbonyl (C=O) groups is 1. The first-order valence-electron chi connectivity index (χ1n) is 4.72. The summed E-state index contributed by atoms with van der Waals surface area (Å²) < 4.78 is 0. The van der Waals surface area contributed by atoms with E-state index in [1.165, 1.54) is 5.56 Å². The Morgan fingerprint density at radius 3 is 2.53 bits per heavy atom. The summed E-state index contributed by atoms with van der Waals surface area (Å²) in [6, 6.07) is 9.85. The first kappa shape index (κ1) is 13.9. The van der Waals surface area contributed by atoms with Crippen molar-refractivity contribution in [1.29, 1.82) is 0 Å². The Labute approximate surface area is 96.5 Å². The fourth-order valence-electron chi connectivity index (χ4n) is 1.33. The second-order valence-corrected chi connectivity index (χ2v) is 3.33. The molecule has 4 heteroatoms. The highest BCUT2D eigenvalue weighted by Crippen LogP contribution is 2.03. The van der Waals surface area contributed by atoms with Gasteiger partial charge in [-0.2, -0.15) is 0 Å². The van der Waals surface area contributed by atoms with Crippen LogP contribution in [-0.2, 0) is 11.2 Å². The molecule has 0 heterocycles. The maximum absolute atomic E-state index is 11.0. The van der Waals surface area contributed by atoms with E-state index in [0.717, 1.165) is 6.42 Å². The third kappa shape index (κ3) is 5.40. The maximum Gasteiger partial charge on any atom is 0.221 e. The van der Waals surface area contributed by atoms with E-state index in [2.05, 4.69) is 5.32 Å². The van der Waals surface area contributed by atoms with Crippen LogP contribution < -0.4 is 11.1 Å². The van der Waals surface area contributed by atoms with Gasteiger partial charge in [0.1, 0.15) is 0 Å². The van der Waals surface area contributed by atoms with Crippen molar-refractivity contribution in [3.05, 3.63) is 35.9 Å². The molecule has 84 valence electrons. The molecule has 1 atom stereocenters. The van der Waals surface area contributed by atoms with E-state index >= 15 is 0 Å². The van der Waals surface area contributed by atoms with Crippen LogP contribution in [0.5, 0.6) is 0 Å². The van der Waals surface area contributed by atoms with E-state index in [-0.39, 0.29) is 24.4 Å². The summed E-state index contributed by atoms with van der Waals surface area (Å²) >= 11 is 0. The third-order valence-corrected chi connectivity index (χ3v) is 2.07. The van der Waals surface area contributed by atoms with Crippen molar-refractivity contribution in [2.75, 3.05) is 7.05 Å². The van der Waals surface area contributed by atoms with Gasteiger partial charge in [-0.3, -0.25) is 4.79 Å². The number of nitrogens with one attached hydrogen (secondary N) is 1. The lowest BCUT2D eigenvalue weighted by atomic mass is 10.0. The second-order valence-electron chi connectivity index (χ2n) is 3.33. The molecule has 0 aliphatic rings. The minimum Gasteiger partial charge on any atom is -0.359 e. The van der Waals surface area contributed by atoms with Crippen LogP contribution >= 0.6 is 12.4 Å². The van der Waals surface area contributed by atoms with Crippen molar-refractivity contribution in [3.8, 4) is 0 Å². The molecule has 0 fully saturated rings. The van der Waals surface area contributed by atoms with Gasteiger partial charge in [0.05, 0.1) is 0 Å². The Balaban J connectivity index is 0.00000196. The van der Waals surface area contributed by atoms with Crippen LogP contribution in [0.1, 0.15) is 12.0 Å². The predicted molar refractivity (Wildman–Crippen MR) is 64.1 cm³/mol. The van der Waals surface area contributed by atoms with Crippen molar-refractivity contribution in [2.45, 2.75) is 18.9 Å². The summed E-state index contributed by atoms with van der Waals surface area (Å²) in [5.74, 6) is -0.00608. The van der Waals surface area contributed by atoms with Crippen molar-refractivity contribution < 1.29 is 4.79 Å². The van der Waals surface area contributed by atoms with Crippen LogP contribution in [0.3, 0.4) is 0 Å². The molecular formula is C11H17ClN2O. The highest BCUT2D eigenvalue weighted by Gasteiger charge is 2.08. The van der Waals surface area contributed by atoms with Gasteiger partial charge in [0.25, 0.3) is 0 Å². The average Bonchev–Trinajstić information content (AvgIpc) is 2.19. The molecule has 0 bridgehead atoms. The number of nitrogens with two attached hydrogens (primary N) is 1. The Hall–Kier alpha value is -1.06. The molecule has 3 N–H and O–H groups in total. The lowest BCUT2D eigenvalue weighted by Gasteiger charge is -2.10. The normalized spacial score (nSPS) is 11.3. The van der Waals surface area contributed by atoms with Crippen LogP contribution in [0.4, 0.5) is 0 Å². The molecule has 1 amide bonds. The smallest absolute Gasteiger partial charge is 0.221 e. The zero-order valence-electron chi connectivity index (χ0n) is 8.77. The van der Waals surface area contributed by atoms with E-state index in [1.807, 2.05) is 30.3 Å². The third-order valence-electron chi connectivity index (χ3n) is 2.07. The maximum atomic E-state index is 11.0. The van der Waals surface area contributed by atoms with Gasteiger partial charge in [0.2, 0.25) is 5.91 Å². The van der Waals surface area contributed by atoms with Crippen molar-refractivity contribution in [3.63, 3.8) is 0 Å². The Kier molecular flexibility index (Phi) is 6.75. The van der Waals surface area contributed by atoms with E-state index in [0.29, 0.717) is 6.42 Å². The molecular weight excluding hydrogens is 212 g/mol. The number of benzene rings is 1. The average molecular weight is 229 g/mol. The lowest BCUT2D eigenvalue weighted by molar-refractivity contribution is -0.120. The van der Waals surface area contributed by atoms with Gasteiger partial charge in [-0.15, -0.1) is 12.4 Å². The standard InChI is InChI=1S/C11H16N2O.ClH/c1-13-11(14)8-10(12)7-9-5-3-2-4-6-9;/h2-6,10H,7-8,12H2,1H3,(H,13,14);1H/t10-;/m0./s1. The van der Waals surface area contributed by atoms with E-state index in [1.54, 1.807) is 7.05 Å². The molecule has 0 aliphatic carbocycles. The molecule has 1 aromatic rings. The van der Waals surface area contributed by atoms with Crippen LogP contribution in [0.2, 0.25) is 0 Å². The SMILES string of the molecule is CNC(=O)C[C@@H](N)Cc1ccccc1.Cl. The molecule has 0 aromatic heterocycles. The zero-order chi connectivity index (χ0) is 10.4. The van der Waals surface area contributed by atoms with Gasteiger partial charge in [-0.05, 0) is 12.0 Å². The predicted octanol–water partition coefficient (Wildman–Crippen LogP) is 1.11. The summed E-state index contributed by atoms with van der Waals surface area (Å²) in [6.07, 6.45) is 1.12. The molecule has 0 radical (unpaired) electrons. The second kappa shape index (κ2) is 7.26. The Morgan fingerprint density at radius 1 is 1.40 bits per heavy atom. The molecule has 0 unspecified atom stereocenters. The number of carbonyl (C=O) groups excluding carboxylic acids is 1. The molecule has 0 saturated carbocycles. The van der Waals surface area contributed by atoms with Crippen molar-refractivity contribution in [2.24, 2.45) is 5.73 Å². The highest BCUT2D eigenvalue weighted by atomic mass is 35.5. The summed E-state index contributed by atoms with van der Waals surface area (Å²) in [5.41, 5.74) is 6.99. The molecule has 1 rings (SSSR count). The van der Waals surface area contributed by atoms with Crippen LogP contribution in [0.15, 0.2) is 30.3 Å². The van der Waals surface area contributed by atoms with Crippen molar-refractivity contribution >= 4 is 18.3 Å². The minimum atomic E-state index is -0.0997. The quantitative estimate of drug-likeness (QED) is 0.812. The first-order valence-corrected chi connectivity index (χ1v) is 4.72. The Bertz CT molecular complexity index is 290. The number of hydrogen-bond donors (Lipinski definition) is 2. The van der Waals surface area contributed by atoms with E-state index < -0.39 is 0 Å². The van der Waals surface area contributed by atoms with Gasteiger partial charge in [0, 0.05) is 19.5 Å². The number of amides is 1. The Morgan fingerprint density at radius 2 is 2.00 bits per heavy atom. The largest absolute Gasteiger partial charge is 0.359 e. The number of hydrogen-bond acceptors (Lipinski definition) is 2. The monoisotopic (exact) mass is 228 g/mol. The van der Waals surface area contributed by atoms with Gasteiger partial charge in [-0.25, -0.2) is 0 Å². The summed E-state index contributed by atoms with van der Waals surface area (Å²) in [4.78, 5) is 11.0. The van der Waals surface area contributed by atoms with Crippen molar-refractivity contribution in [1.82, 2.24) is 5.32 Å². The minimum absolute atomic E-state index is 0. The van der Waals surface area contributed by atoms with Crippen LogP contribution in [0, 0.1) is 0 Å². The van der Waals surface area contributed by atoms with E-state index in [4.69, 9.17) is 5.73 Å². The molecule has 0 saturated heterocycles. The van der Waals surface area contributed by atoms with Gasteiger partial charge in [0.15, 0.2) is 0 Å². The fraction of sp³-hybridized carbons (Fsp3) is 0.364. The van der Waals surface area contributed by atoms with Crippen LogP contribution in [-0.4, -0.2) is 19.0 Å². The molecule has 0 spiro atoms. The lowest BCUT2D eigenvalue weighted by Crippen LogP contribution is -2.31. The molecule has 1 aromatic carbocycles. The molecule has 0 aliphatic heterocycles. The highest BCUT2D eigenvalue weighted by molar-refractivity contribution is 5.85. The van der Waals surface area contributed by atoms with Crippen LogP contribution in [0.25, 0.3) is 0 Å². The summed E-state index contributed by atoms with van der Waals surface area (Å²) in [5, 5.41) is 2.56. The summed E-state index contributed by atoms with van der Waals surface area (Å²) in [7, 11) is 1.62. The molecule has 15 heavy (non-hydrogen) atoms. The summed E-state index contributed by atoms with van der Waals surface area (Å²) in [6.45, 7) is 0. The number of rotatable bonds is 4. The molecule has 3 nitrogen and oxygen atoms in total. The topological polar surface area (TPSA) is 55.1 Å². The first-order chi connectivity index (χ1) is 6.72. The number of halogens is 1. The van der Waals surface area contributed by atoms with Gasteiger partial charge in [-0.1, -0.05) is 30.3 Å². The zero-order valence-corrected chi connectivity index (χ0v) is 9.59. The fourth-order valence-corrected chi connectivity index (χ4v) is 1.33. The van der Waals surface area contributed by atoms with Gasteiger partial charge >= 0.3 is 0 Å².